The largest absolute Gasteiger partial charge is 0.501 e. The lowest BCUT2D eigenvalue weighted by Crippen LogP contribution is -2.25. The van der Waals surface area contributed by atoms with Crippen molar-refractivity contribution in [1.82, 2.24) is 5.32 Å². The van der Waals surface area contributed by atoms with Gasteiger partial charge in [0, 0.05) is 0 Å². The molecule has 0 spiro atoms. The van der Waals surface area contributed by atoms with E-state index >= 15 is 0 Å². The molecule has 1 aliphatic rings. The van der Waals surface area contributed by atoms with Crippen LogP contribution in [-0.2, 0) is 4.74 Å². The van der Waals surface area contributed by atoms with Gasteiger partial charge < -0.3 is 10.1 Å². The van der Waals surface area contributed by atoms with Crippen LogP contribution in [0.25, 0.3) is 0 Å². The molecule has 0 bridgehead atoms. The van der Waals surface area contributed by atoms with Gasteiger partial charge in [0.15, 0.2) is 0 Å². The molecule has 1 N–H and O–H groups in total. The molecule has 1 aromatic carbocycles. The van der Waals surface area contributed by atoms with Crippen LogP contribution in [0.5, 0.6) is 0 Å². The van der Waals surface area contributed by atoms with E-state index in [4.69, 9.17) is 4.74 Å². The number of nitrogens with one attached hydrogen (secondary N) is 1. The van der Waals surface area contributed by atoms with Crippen molar-refractivity contribution in [2.24, 2.45) is 0 Å². The highest BCUT2D eigenvalue weighted by Gasteiger charge is 2.19. The molecule has 1 atom stereocenters. The second-order valence-electron chi connectivity index (χ2n) is 5.02. The molecule has 2 rings (SSSR count). The fraction of sp³-hybridized carbons (Fsp3) is 0.500. The third kappa shape index (κ3) is 2.94. The van der Waals surface area contributed by atoms with Gasteiger partial charge in [0.2, 0.25) is 0 Å². The molecule has 1 heterocycles. The lowest BCUT2D eigenvalue weighted by Gasteiger charge is -2.26. The summed E-state index contributed by atoms with van der Waals surface area (Å²) < 4.78 is 5.49. The van der Waals surface area contributed by atoms with Gasteiger partial charge in [0.25, 0.3) is 0 Å². The number of ether oxygens (including phenoxy) is 1. The molecule has 0 amide bonds. The molecule has 2 heteroatoms. The Bertz CT molecular complexity index is 437. The number of benzene rings is 1. The van der Waals surface area contributed by atoms with Crippen molar-refractivity contribution >= 4 is 0 Å². The lowest BCUT2D eigenvalue weighted by atomic mass is 9.91. The van der Waals surface area contributed by atoms with Crippen LogP contribution in [-0.4, -0.2) is 13.2 Å². The monoisotopic (exact) mass is 245 g/mol. The van der Waals surface area contributed by atoms with Gasteiger partial charge in [-0.25, -0.2) is 0 Å². The number of rotatable bonds is 4. The molecule has 18 heavy (non-hydrogen) atoms. The molecule has 1 aliphatic heterocycles. The van der Waals surface area contributed by atoms with Gasteiger partial charge in [0.05, 0.1) is 18.9 Å². The zero-order valence-electron chi connectivity index (χ0n) is 11.6. The Morgan fingerprint density at radius 2 is 2.17 bits per heavy atom. The summed E-state index contributed by atoms with van der Waals surface area (Å²) in [7, 11) is 0. The first-order valence-electron chi connectivity index (χ1n) is 6.83. The van der Waals surface area contributed by atoms with E-state index in [1.807, 2.05) is 6.26 Å². The Morgan fingerprint density at radius 3 is 2.78 bits per heavy atom. The Morgan fingerprint density at radius 1 is 1.33 bits per heavy atom. The Labute approximate surface area is 110 Å². The minimum atomic E-state index is 0.302. The summed E-state index contributed by atoms with van der Waals surface area (Å²) in [4.78, 5) is 0. The first-order chi connectivity index (χ1) is 8.72. The van der Waals surface area contributed by atoms with Crippen molar-refractivity contribution in [3.05, 3.63) is 46.7 Å². The van der Waals surface area contributed by atoms with Crippen LogP contribution >= 0.6 is 0 Å². The van der Waals surface area contributed by atoms with Gasteiger partial charge in [-0.2, -0.15) is 0 Å². The van der Waals surface area contributed by atoms with Gasteiger partial charge in [0.1, 0.15) is 0 Å². The topological polar surface area (TPSA) is 21.3 Å². The molecule has 0 saturated heterocycles. The van der Waals surface area contributed by atoms with E-state index in [9.17, 15) is 0 Å². The minimum absolute atomic E-state index is 0.302. The number of hydrogen-bond acceptors (Lipinski definition) is 2. The summed E-state index contributed by atoms with van der Waals surface area (Å²) in [5.41, 5.74) is 5.42. The minimum Gasteiger partial charge on any atom is -0.501 e. The van der Waals surface area contributed by atoms with E-state index in [-0.39, 0.29) is 0 Å². The molecule has 0 aliphatic carbocycles. The van der Waals surface area contributed by atoms with Crippen LogP contribution in [0.3, 0.4) is 0 Å². The summed E-state index contributed by atoms with van der Waals surface area (Å²) in [5, 5.41) is 3.58. The molecule has 1 unspecified atom stereocenters. The predicted octanol–water partition coefficient (Wildman–Crippen LogP) is 3.65. The van der Waals surface area contributed by atoms with E-state index in [0.29, 0.717) is 6.04 Å². The summed E-state index contributed by atoms with van der Waals surface area (Å²) in [6, 6.07) is 6.99. The van der Waals surface area contributed by atoms with Crippen LogP contribution < -0.4 is 5.32 Å². The van der Waals surface area contributed by atoms with Crippen molar-refractivity contribution in [2.75, 3.05) is 13.2 Å². The van der Waals surface area contributed by atoms with Crippen molar-refractivity contribution in [1.29, 1.82) is 0 Å². The van der Waals surface area contributed by atoms with Crippen molar-refractivity contribution in [2.45, 2.75) is 39.7 Å². The van der Waals surface area contributed by atoms with Crippen LogP contribution in [0.15, 0.2) is 30.0 Å². The quantitative estimate of drug-likeness (QED) is 0.874. The van der Waals surface area contributed by atoms with E-state index in [1.165, 1.54) is 22.3 Å². The standard InChI is InChI=1S/C16H23NO/c1-4-17-16(14-6-5-9-18-11-14)15-8-7-12(2)10-13(15)3/h7-8,10-11,16-17H,4-6,9H2,1-3H3. The summed E-state index contributed by atoms with van der Waals surface area (Å²) in [5.74, 6) is 0. The van der Waals surface area contributed by atoms with E-state index in [0.717, 1.165) is 26.0 Å². The molecule has 0 aromatic heterocycles. The lowest BCUT2D eigenvalue weighted by molar-refractivity contribution is 0.219. The van der Waals surface area contributed by atoms with Crippen molar-refractivity contribution in [3.63, 3.8) is 0 Å². The van der Waals surface area contributed by atoms with Gasteiger partial charge >= 0.3 is 0 Å². The van der Waals surface area contributed by atoms with Crippen LogP contribution in [0.2, 0.25) is 0 Å². The second kappa shape index (κ2) is 6.05. The molecular weight excluding hydrogens is 222 g/mol. The van der Waals surface area contributed by atoms with Crippen LogP contribution in [0.1, 0.15) is 42.5 Å². The molecule has 0 fully saturated rings. The average molecular weight is 245 g/mol. The van der Waals surface area contributed by atoms with E-state index in [1.54, 1.807) is 0 Å². The van der Waals surface area contributed by atoms with E-state index in [2.05, 4.69) is 44.3 Å². The smallest absolute Gasteiger partial charge is 0.0876 e. The highest BCUT2D eigenvalue weighted by Crippen LogP contribution is 2.29. The number of likely N-dealkylation sites (N-methyl/N-ethyl adjacent to an activating group) is 1. The summed E-state index contributed by atoms with van der Waals surface area (Å²) >= 11 is 0. The van der Waals surface area contributed by atoms with Crippen molar-refractivity contribution < 1.29 is 4.74 Å². The SMILES string of the molecule is CCNC(C1=COCCC1)c1ccc(C)cc1C. The molecule has 1 aromatic rings. The zero-order valence-corrected chi connectivity index (χ0v) is 11.6. The Balaban J connectivity index is 2.31. The average Bonchev–Trinajstić information content (AvgIpc) is 2.38. The van der Waals surface area contributed by atoms with Crippen LogP contribution in [0.4, 0.5) is 0 Å². The fourth-order valence-corrected chi connectivity index (χ4v) is 2.59. The maximum Gasteiger partial charge on any atom is 0.0876 e. The second-order valence-corrected chi connectivity index (χ2v) is 5.02. The van der Waals surface area contributed by atoms with Gasteiger partial charge in [-0.3, -0.25) is 0 Å². The number of aryl methyl sites for hydroxylation is 2. The third-order valence-corrected chi connectivity index (χ3v) is 3.48. The molecular formula is C16H23NO. The molecule has 98 valence electrons. The van der Waals surface area contributed by atoms with Gasteiger partial charge in [-0.05, 0) is 49.9 Å². The van der Waals surface area contributed by atoms with Crippen LogP contribution in [0, 0.1) is 13.8 Å². The van der Waals surface area contributed by atoms with Crippen molar-refractivity contribution in [3.8, 4) is 0 Å². The fourth-order valence-electron chi connectivity index (χ4n) is 2.59. The normalized spacial score (nSPS) is 16.9. The highest BCUT2D eigenvalue weighted by molar-refractivity contribution is 5.37. The molecule has 0 radical (unpaired) electrons. The zero-order chi connectivity index (χ0) is 13.0. The molecule has 0 saturated carbocycles. The highest BCUT2D eigenvalue weighted by atomic mass is 16.5. The van der Waals surface area contributed by atoms with Gasteiger partial charge in [-0.1, -0.05) is 30.7 Å². The molecule has 2 nitrogen and oxygen atoms in total. The first kappa shape index (κ1) is 13.2. The maximum absolute atomic E-state index is 5.49. The Hall–Kier alpha value is -1.28. The van der Waals surface area contributed by atoms with Gasteiger partial charge in [-0.15, -0.1) is 0 Å². The summed E-state index contributed by atoms with van der Waals surface area (Å²) in [6.45, 7) is 8.31. The first-order valence-corrected chi connectivity index (χ1v) is 6.83. The Kier molecular flexibility index (Phi) is 4.43. The predicted molar refractivity (Wildman–Crippen MR) is 75.6 cm³/mol. The maximum atomic E-state index is 5.49. The third-order valence-electron chi connectivity index (χ3n) is 3.48. The number of hydrogen-bond donors (Lipinski definition) is 1. The summed E-state index contributed by atoms with van der Waals surface area (Å²) in [6.07, 6.45) is 4.21. The van der Waals surface area contributed by atoms with E-state index < -0.39 is 0 Å².